The normalized spacial score (nSPS) is 12.3. The first kappa shape index (κ1) is 14.5. The molecule has 5 heteroatoms. The molecule has 0 heterocycles. The summed E-state index contributed by atoms with van der Waals surface area (Å²) >= 11 is 0. The highest BCUT2D eigenvalue weighted by molar-refractivity contribution is 5.89. The Labute approximate surface area is 108 Å². The van der Waals surface area contributed by atoms with Gasteiger partial charge in [0.15, 0.2) is 0 Å². The Morgan fingerprint density at radius 3 is 2.44 bits per heavy atom. The lowest BCUT2D eigenvalue weighted by Gasteiger charge is -2.12. The van der Waals surface area contributed by atoms with Crippen LogP contribution in [-0.2, 0) is 0 Å². The maximum Gasteiger partial charge on any atom is 0.319 e. The first-order valence-electron chi connectivity index (χ1n) is 6.04. The van der Waals surface area contributed by atoms with Crippen molar-refractivity contribution in [1.29, 1.82) is 0 Å². The maximum atomic E-state index is 11.5. The molecule has 100 valence electrons. The second kappa shape index (κ2) is 6.98. The first-order valence-corrected chi connectivity index (χ1v) is 6.04. The molecule has 0 aliphatic rings. The van der Waals surface area contributed by atoms with Gasteiger partial charge in [-0.1, -0.05) is 12.1 Å². The van der Waals surface area contributed by atoms with E-state index >= 15 is 0 Å². The van der Waals surface area contributed by atoms with Gasteiger partial charge in [0, 0.05) is 24.8 Å². The van der Waals surface area contributed by atoms with E-state index in [1.54, 1.807) is 0 Å². The topological polar surface area (TPSA) is 70.4 Å². The molecule has 4 N–H and O–H groups in total. The number of amides is 2. The van der Waals surface area contributed by atoms with Crippen molar-refractivity contribution in [2.45, 2.75) is 13.0 Å². The van der Waals surface area contributed by atoms with E-state index in [0.29, 0.717) is 6.54 Å². The van der Waals surface area contributed by atoms with Crippen LogP contribution in [0.15, 0.2) is 24.3 Å². The summed E-state index contributed by atoms with van der Waals surface area (Å²) in [7, 11) is 3.93. The van der Waals surface area contributed by atoms with Gasteiger partial charge in [-0.2, -0.15) is 0 Å². The van der Waals surface area contributed by atoms with E-state index in [0.717, 1.165) is 17.8 Å². The van der Waals surface area contributed by atoms with Crippen LogP contribution >= 0.6 is 0 Å². The maximum absolute atomic E-state index is 11.5. The molecule has 1 atom stereocenters. The Balaban J connectivity index is 2.40. The van der Waals surface area contributed by atoms with Crippen molar-refractivity contribution < 1.29 is 4.79 Å². The Bertz CT molecular complexity index is 373. The molecule has 0 bridgehead atoms. The van der Waals surface area contributed by atoms with Gasteiger partial charge >= 0.3 is 6.03 Å². The number of likely N-dealkylation sites (N-methyl/N-ethyl adjacent to an activating group) is 1. The van der Waals surface area contributed by atoms with E-state index in [1.165, 1.54) is 0 Å². The van der Waals surface area contributed by atoms with Gasteiger partial charge in [-0.25, -0.2) is 4.79 Å². The average Bonchev–Trinajstić information content (AvgIpc) is 2.29. The van der Waals surface area contributed by atoms with Crippen LogP contribution in [0, 0.1) is 0 Å². The molecule has 0 spiro atoms. The standard InChI is InChI=1S/C13H22N4O/c1-10(14)11-4-6-12(7-5-11)16-13(18)15-8-9-17(2)3/h4-7,10H,8-9,14H2,1-3H3,(H2,15,16,18). The van der Waals surface area contributed by atoms with Crippen LogP contribution in [0.25, 0.3) is 0 Å². The number of anilines is 1. The SMILES string of the molecule is CC(N)c1ccc(NC(=O)NCCN(C)C)cc1. The highest BCUT2D eigenvalue weighted by atomic mass is 16.2. The number of hydrogen-bond acceptors (Lipinski definition) is 3. The minimum atomic E-state index is -0.189. The number of nitrogens with two attached hydrogens (primary N) is 1. The second-order valence-corrected chi connectivity index (χ2v) is 4.59. The van der Waals surface area contributed by atoms with Gasteiger partial charge < -0.3 is 21.3 Å². The molecule has 0 saturated heterocycles. The third kappa shape index (κ3) is 5.16. The number of urea groups is 1. The van der Waals surface area contributed by atoms with Crippen molar-refractivity contribution in [2.75, 3.05) is 32.5 Å². The molecule has 5 nitrogen and oxygen atoms in total. The van der Waals surface area contributed by atoms with Crippen LogP contribution in [0.1, 0.15) is 18.5 Å². The van der Waals surface area contributed by atoms with Crippen LogP contribution in [0.3, 0.4) is 0 Å². The summed E-state index contributed by atoms with van der Waals surface area (Å²) in [6.07, 6.45) is 0. The van der Waals surface area contributed by atoms with Crippen molar-refractivity contribution in [2.24, 2.45) is 5.73 Å². The van der Waals surface area contributed by atoms with E-state index < -0.39 is 0 Å². The van der Waals surface area contributed by atoms with Gasteiger partial charge in [0.05, 0.1) is 0 Å². The van der Waals surface area contributed by atoms with E-state index in [1.807, 2.05) is 50.2 Å². The molecule has 0 aliphatic heterocycles. The second-order valence-electron chi connectivity index (χ2n) is 4.59. The highest BCUT2D eigenvalue weighted by Gasteiger charge is 2.02. The molecule has 0 radical (unpaired) electrons. The van der Waals surface area contributed by atoms with Crippen LogP contribution < -0.4 is 16.4 Å². The summed E-state index contributed by atoms with van der Waals surface area (Å²) in [6.45, 7) is 3.37. The number of hydrogen-bond donors (Lipinski definition) is 3. The van der Waals surface area contributed by atoms with Crippen molar-refractivity contribution >= 4 is 11.7 Å². The molecule has 0 fully saturated rings. The fraction of sp³-hybridized carbons (Fsp3) is 0.462. The Morgan fingerprint density at radius 2 is 1.94 bits per heavy atom. The molecule has 0 saturated carbocycles. The number of nitrogens with one attached hydrogen (secondary N) is 2. The fourth-order valence-electron chi connectivity index (χ4n) is 1.44. The van der Waals surface area contributed by atoms with Crippen LogP contribution in [0.5, 0.6) is 0 Å². The van der Waals surface area contributed by atoms with Crippen molar-refractivity contribution in [1.82, 2.24) is 10.2 Å². The lowest BCUT2D eigenvalue weighted by atomic mass is 10.1. The molecular formula is C13H22N4O. The summed E-state index contributed by atoms with van der Waals surface area (Å²) in [5.74, 6) is 0. The molecule has 1 aromatic carbocycles. The molecule has 1 rings (SSSR count). The summed E-state index contributed by atoms with van der Waals surface area (Å²) in [6, 6.07) is 7.35. The zero-order chi connectivity index (χ0) is 13.5. The van der Waals surface area contributed by atoms with E-state index in [4.69, 9.17) is 5.73 Å². The third-order valence-corrected chi connectivity index (χ3v) is 2.54. The van der Waals surface area contributed by atoms with E-state index in [-0.39, 0.29) is 12.1 Å². The molecule has 1 unspecified atom stereocenters. The first-order chi connectivity index (χ1) is 8.49. The number of nitrogens with zero attached hydrogens (tertiary/aromatic N) is 1. The summed E-state index contributed by atoms with van der Waals surface area (Å²) in [5, 5.41) is 5.56. The molecular weight excluding hydrogens is 228 g/mol. The van der Waals surface area contributed by atoms with Crippen molar-refractivity contribution in [3.63, 3.8) is 0 Å². The smallest absolute Gasteiger partial charge is 0.319 e. The molecule has 2 amide bonds. The van der Waals surface area contributed by atoms with Crippen molar-refractivity contribution in [3.05, 3.63) is 29.8 Å². The zero-order valence-corrected chi connectivity index (χ0v) is 11.2. The lowest BCUT2D eigenvalue weighted by Crippen LogP contribution is -2.34. The fourth-order valence-corrected chi connectivity index (χ4v) is 1.44. The van der Waals surface area contributed by atoms with Crippen LogP contribution in [0.2, 0.25) is 0 Å². The largest absolute Gasteiger partial charge is 0.337 e. The number of carbonyl (C=O) groups excluding carboxylic acids is 1. The number of benzene rings is 1. The highest BCUT2D eigenvalue weighted by Crippen LogP contribution is 2.13. The van der Waals surface area contributed by atoms with Gasteiger partial charge in [0.1, 0.15) is 0 Å². The predicted molar refractivity (Wildman–Crippen MR) is 74.6 cm³/mol. The number of rotatable bonds is 5. The van der Waals surface area contributed by atoms with Gasteiger partial charge in [-0.3, -0.25) is 0 Å². The predicted octanol–water partition coefficient (Wildman–Crippen LogP) is 1.39. The minimum Gasteiger partial charge on any atom is -0.337 e. The Morgan fingerprint density at radius 1 is 1.33 bits per heavy atom. The average molecular weight is 250 g/mol. The molecule has 0 aromatic heterocycles. The van der Waals surface area contributed by atoms with Crippen LogP contribution in [0.4, 0.5) is 10.5 Å². The van der Waals surface area contributed by atoms with E-state index in [2.05, 4.69) is 10.6 Å². The third-order valence-electron chi connectivity index (χ3n) is 2.54. The summed E-state index contributed by atoms with van der Waals surface area (Å²) in [4.78, 5) is 13.6. The van der Waals surface area contributed by atoms with E-state index in [9.17, 15) is 4.79 Å². The molecule has 18 heavy (non-hydrogen) atoms. The van der Waals surface area contributed by atoms with Gasteiger partial charge in [0.25, 0.3) is 0 Å². The minimum absolute atomic E-state index is 0.00738. The quantitative estimate of drug-likeness (QED) is 0.739. The Hall–Kier alpha value is -1.59. The van der Waals surface area contributed by atoms with Gasteiger partial charge in [0.2, 0.25) is 0 Å². The monoisotopic (exact) mass is 250 g/mol. The van der Waals surface area contributed by atoms with Crippen LogP contribution in [-0.4, -0.2) is 38.1 Å². The summed E-state index contributed by atoms with van der Waals surface area (Å²) in [5.41, 5.74) is 7.57. The lowest BCUT2D eigenvalue weighted by molar-refractivity contribution is 0.250. The number of carbonyl (C=O) groups is 1. The van der Waals surface area contributed by atoms with Gasteiger partial charge in [-0.05, 0) is 38.7 Å². The van der Waals surface area contributed by atoms with Crippen molar-refractivity contribution in [3.8, 4) is 0 Å². The molecule has 0 aliphatic carbocycles. The zero-order valence-electron chi connectivity index (χ0n) is 11.2. The van der Waals surface area contributed by atoms with Gasteiger partial charge in [-0.15, -0.1) is 0 Å². The summed E-state index contributed by atoms with van der Waals surface area (Å²) < 4.78 is 0. The Kier molecular flexibility index (Phi) is 5.61. The molecule has 1 aromatic rings.